The van der Waals surface area contributed by atoms with Crippen molar-refractivity contribution in [3.05, 3.63) is 75.5 Å². The summed E-state index contributed by atoms with van der Waals surface area (Å²) < 4.78 is 6.44. The Bertz CT molecular complexity index is 1060. The second-order valence-electron chi connectivity index (χ2n) is 6.29. The first-order chi connectivity index (χ1) is 13.9. The Morgan fingerprint density at radius 2 is 1.97 bits per heavy atom. The standard InChI is InChI=1S/C19H19N5O5/c1-12-18(24(27)28)13(2)23(22-12)11-17(25)21-16-8-4-3-7-15(16)19(26)20-10-14-6-5-9-29-14/h3-9H,10-11H2,1-2H3,(H,20,26)(H,21,25). The van der Waals surface area contributed by atoms with Gasteiger partial charge in [-0.3, -0.25) is 24.4 Å². The highest BCUT2D eigenvalue weighted by Crippen LogP contribution is 2.22. The first-order valence-corrected chi connectivity index (χ1v) is 8.74. The Morgan fingerprint density at radius 3 is 2.62 bits per heavy atom. The summed E-state index contributed by atoms with van der Waals surface area (Å²) in [5.74, 6) is -0.234. The first kappa shape index (κ1) is 19.8. The smallest absolute Gasteiger partial charge is 0.312 e. The number of furan rings is 1. The predicted octanol–water partition coefficient (Wildman–Crippen LogP) is 2.57. The molecule has 1 aromatic carbocycles. The van der Waals surface area contributed by atoms with Crippen LogP contribution < -0.4 is 10.6 Å². The van der Waals surface area contributed by atoms with Crippen LogP contribution in [0.2, 0.25) is 0 Å². The van der Waals surface area contributed by atoms with Gasteiger partial charge in [-0.05, 0) is 38.1 Å². The molecule has 29 heavy (non-hydrogen) atoms. The minimum atomic E-state index is -0.523. The van der Waals surface area contributed by atoms with Gasteiger partial charge < -0.3 is 15.1 Å². The van der Waals surface area contributed by atoms with E-state index in [2.05, 4.69) is 15.7 Å². The highest BCUT2D eigenvalue weighted by molar-refractivity contribution is 6.03. The summed E-state index contributed by atoms with van der Waals surface area (Å²) in [5.41, 5.74) is 1.01. The Kier molecular flexibility index (Phi) is 5.72. The number of anilines is 1. The van der Waals surface area contributed by atoms with Gasteiger partial charge in [0.1, 0.15) is 23.7 Å². The SMILES string of the molecule is Cc1nn(CC(=O)Nc2ccccc2C(=O)NCc2ccco2)c(C)c1[N+](=O)[O-]. The van der Waals surface area contributed by atoms with Gasteiger partial charge >= 0.3 is 5.69 Å². The number of carbonyl (C=O) groups is 2. The fraction of sp³-hybridized carbons (Fsp3) is 0.211. The number of para-hydroxylation sites is 1. The molecule has 150 valence electrons. The fourth-order valence-electron chi connectivity index (χ4n) is 2.90. The molecular weight excluding hydrogens is 378 g/mol. The number of hydrogen-bond donors (Lipinski definition) is 2. The maximum atomic E-state index is 12.5. The number of hydrogen-bond acceptors (Lipinski definition) is 6. The molecule has 0 fully saturated rings. The summed E-state index contributed by atoms with van der Waals surface area (Å²) in [7, 11) is 0. The van der Waals surface area contributed by atoms with Crippen LogP contribution >= 0.6 is 0 Å². The second kappa shape index (κ2) is 8.38. The van der Waals surface area contributed by atoms with Crippen molar-refractivity contribution in [3.8, 4) is 0 Å². The summed E-state index contributed by atoms with van der Waals surface area (Å²) in [6.45, 7) is 3.03. The molecule has 2 heterocycles. The van der Waals surface area contributed by atoms with Gasteiger partial charge in [0.15, 0.2) is 0 Å². The normalized spacial score (nSPS) is 10.6. The van der Waals surface area contributed by atoms with Gasteiger partial charge in [0.2, 0.25) is 5.91 Å². The summed E-state index contributed by atoms with van der Waals surface area (Å²) in [5, 5.41) is 20.5. The topological polar surface area (TPSA) is 132 Å². The zero-order chi connectivity index (χ0) is 21.0. The quantitative estimate of drug-likeness (QED) is 0.465. The Morgan fingerprint density at radius 1 is 1.21 bits per heavy atom. The van der Waals surface area contributed by atoms with Crippen LogP contribution in [0.5, 0.6) is 0 Å². The van der Waals surface area contributed by atoms with E-state index in [1.165, 1.54) is 24.8 Å². The Hall–Kier alpha value is -3.95. The van der Waals surface area contributed by atoms with E-state index >= 15 is 0 Å². The molecule has 0 aliphatic heterocycles. The lowest BCUT2D eigenvalue weighted by Gasteiger charge is -2.11. The van der Waals surface area contributed by atoms with E-state index in [0.29, 0.717) is 11.4 Å². The van der Waals surface area contributed by atoms with Crippen molar-refractivity contribution in [2.75, 3.05) is 5.32 Å². The van der Waals surface area contributed by atoms with E-state index in [4.69, 9.17) is 4.42 Å². The van der Waals surface area contributed by atoms with Gasteiger partial charge in [0.05, 0.1) is 29.0 Å². The zero-order valence-corrected chi connectivity index (χ0v) is 15.8. The summed E-state index contributed by atoms with van der Waals surface area (Å²) >= 11 is 0. The van der Waals surface area contributed by atoms with Gasteiger partial charge in [-0.1, -0.05) is 12.1 Å². The number of nitro groups is 1. The van der Waals surface area contributed by atoms with Crippen molar-refractivity contribution in [2.45, 2.75) is 26.9 Å². The molecule has 0 atom stereocenters. The Balaban J connectivity index is 1.70. The third kappa shape index (κ3) is 4.49. The zero-order valence-electron chi connectivity index (χ0n) is 15.8. The van der Waals surface area contributed by atoms with Crippen LogP contribution in [-0.4, -0.2) is 26.5 Å². The number of nitrogens with one attached hydrogen (secondary N) is 2. The average Bonchev–Trinajstić information content (AvgIpc) is 3.28. The monoisotopic (exact) mass is 397 g/mol. The number of amides is 2. The number of aryl methyl sites for hydroxylation is 1. The highest BCUT2D eigenvalue weighted by atomic mass is 16.6. The second-order valence-corrected chi connectivity index (χ2v) is 6.29. The fourth-order valence-corrected chi connectivity index (χ4v) is 2.90. The maximum absolute atomic E-state index is 12.5. The van der Waals surface area contributed by atoms with Gasteiger partial charge in [0.25, 0.3) is 5.91 Å². The van der Waals surface area contributed by atoms with Crippen molar-refractivity contribution in [2.24, 2.45) is 0 Å². The minimum absolute atomic E-state index is 0.115. The van der Waals surface area contributed by atoms with Crippen LogP contribution in [-0.2, 0) is 17.9 Å². The lowest BCUT2D eigenvalue weighted by molar-refractivity contribution is -0.386. The van der Waals surface area contributed by atoms with Crippen LogP contribution in [0.25, 0.3) is 0 Å². The molecule has 0 bridgehead atoms. The van der Waals surface area contributed by atoms with Crippen molar-refractivity contribution >= 4 is 23.2 Å². The van der Waals surface area contributed by atoms with Crippen molar-refractivity contribution in [1.82, 2.24) is 15.1 Å². The lowest BCUT2D eigenvalue weighted by atomic mass is 10.1. The third-order valence-corrected chi connectivity index (χ3v) is 4.27. The van der Waals surface area contributed by atoms with E-state index in [0.717, 1.165) is 0 Å². The summed E-state index contributed by atoms with van der Waals surface area (Å²) in [4.78, 5) is 35.5. The van der Waals surface area contributed by atoms with Gasteiger partial charge in [-0.15, -0.1) is 0 Å². The molecule has 0 saturated carbocycles. The predicted molar refractivity (Wildman–Crippen MR) is 103 cm³/mol. The van der Waals surface area contributed by atoms with E-state index in [9.17, 15) is 19.7 Å². The van der Waals surface area contributed by atoms with Crippen LogP contribution in [0, 0.1) is 24.0 Å². The molecule has 0 saturated heterocycles. The minimum Gasteiger partial charge on any atom is -0.467 e. The van der Waals surface area contributed by atoms with Gasteiger partial charge in [-0.25, -0.2) is 0 Å². The van der Waals surface area contributed by atoms with Crippen molar-refractivity contribution in [1.29, 1.82) is 0 Å². The molecule has 3 aromatic rings. The Labute approximate surface area is 165 Å². The van der Waals surface area contributed by atoms with Crippen LogP contribution in [0.3, 0.4) is 0 Å². The average molecular weight is 397 g/mol. The molecule has 2 N–H and O–H groups in total. The van der Waals surface area contributed by atoms with Crippen LogP contribution in [0.15, 0.2) is 47.1 Å². The maximum Gasteiger partial charge on any atom is 0.312 e. The summed E-state index contributed by atoms with van der Waals surface area (Å²) in [6.07, 6.45) is 1.51. The van der Waals surface area contributed by atoms with Crippen molar-refractivity contribution in [3.63, 3.8) is 0 Å². The molecule has 3 rings (SSSR count). The van der Waals surface area contributed by atoms with Gasteiger partial charge in [-0.2, -0.15) is 5.10 Å². The molecule has 0 aliphatic carbocycles. The molecule has 0 unspecified atom stereocenters. The lowest BCUT2D eigenvalue weighted by Crippen LogP contribution is -2.26. The van der Waals surface area contributed by atoms with Crippen molar-refractivity contribution < 1.29 is 18.9 Å². The molecule has 10 heteroatoms. The van der Waals surface area contributed by atoms with E-state index in [1.807, 2.05) is 0 Å². The highest BCUT2D eigenvalue weighted by Gasteiger charge is 2.23. The van der Waals surface area contributed by atoms with E-state index in [1.54, 1.807) is 36.4 Å². The molecule has 2 amide bonds. The molecule has 0 radical (unpaired) electrons. The molecule has 0 spiro atoms. The molecular formula is C19H19N5O5. The number of aromatic nitrogens is 2. The molecule has 0 aliphatic rings. The third-order valence-electron chi connectivity index (χ3n) is 4.27. The van der Waals surface area contributed by atoms with Gasteiger partial charge in [0, 0.05) is 0 Å². The van der Waals surface area contributed by atoms with Crippen LogP contribution in [0.1, 0.15) is 27.5 Å². The van der Waals surface area contributed by atoms with E-state index < -0.39 is 10.8 Å². The number of nitrogens with zero attached hydrogens (tertiary/aromatic N) is 3. The number of rotatable bonds is 7. The molecule has 2 aromatic heterocycles. The largest absolute Gasteiger partial charge is 0.467 e. The first-order valence-electron chi connectivity index (χ1n) is 8.74. The molecule has 10 nitrogen and oxygen atoms in total. The number of carbonyl (C=O) groups excluding carboxylic acids is 2. The van der Waals surface area contributed by atoms with Crippen LogP contribution in [0.4, 0.5) is 11.4 Å². The van der Waals surface area contributed by atoms with E-state index in [-0.39, 0.29) is 41.6 Å². The summed E-state index contributed by atoms with van der Waals surface area (Å²) in [6, 6.07) is 10.0. The number of benzene rings is 1.